The number of hydrogen-bond acceptors (Lipinski definition) is 5. The van der Waals surface area contributed by atoms with E-state index < -0.39 is 5.97 Å². The van der Waals surface area contributed by atoms with Crippen LogP contribution in [0, 0.1) is 11.3 Å². The summed E-state index contributed by atoms with van der Waals surface area (Å²) in [7, 11) is 1.55. The summed E-state index contributed by atoms with van der Waals surface area (Å²) in [5, 5.41) is 8.90. The third-order valence-corrected chi connectivity index (χ3v) is 2.17. The molecule has 0 N–H and O–H groups in total. The van der Waals surface area contributed by atoms with Crippen LogP contribution in [0.25, 0.3) is 6.08 Å². The molecule has 0 fully saturated rings. The highest BCUT2D eigenvalue weighted by Crippen LogP contribution is 2.14. The highest BCUT2D eigenvalue weighted by atomic mass is 16.5. The Kier molecular flexibility index (Phi) is 5.30. The summed E-state index contributed by atoms with van der Waals surface area (Å²) in [5.74, 6) is -0.418. The van der Waals surface area contributed by atoms with E-state index in [4.69, 9.17) is 10.00 Å². The minimum atomic E-state index is -0.812. The maximum Gasteiger partial charge on any atom is 0.349 e. The number of carbonyl (C=O) groups excluding carboxylic acids is 2. The number of carbonyl (C=O) groups is 2. The maximum atomic E-state index is 11.5. The molecule has 0 spiro atoms. The van der Waals surface area contributed by atoms with Gasteiger partial charge in [-0.2, -0.15) is 5.26 Å². The molecular weight excluding hydrogens is 246 g/mol. The van der Waals surface area contributed by atoms with E-state index >= 15 is 0 Å². The van der Waals surface area contributed by atoms with Crippen LogP contribution in [-0.2, 0) is 14.3 Å². The maximum absolute atomic E-state index is 11.5. The first-order chi connectivity index (χ1) is 9.06. The second-order valence-electron chi connectivity index (χ2n) is 3.72. The summed E-state index contributed by atoms with van der Waals surface area (Å²) >= 11 is 0. The first kappa shape index (κ1) is 14.5. The van der Waals surface area contributed by atoms with Gasteiger partial charge in [-0.1, -0.05) is 12.1 Å². The number of ether oxygens (including phenoxy) is 2. The second-order valence-corrected chi connectivity index (χ2v) is 3.72. The average Bonchev–Trinajstić information content (AvgIpc) is 2.42. The smallest absolute Gasteiger partial charge is 0.349 e. The van der Waals surface area contributed by atoms with Crippen LogP contribution in [0.3, 0.4) is 0 Å². The van der Waals surface area contributed by atoms with E-state index in [2.05, 4.69) is 4.74 Å². The zero-order valence-electron chi connectivity index (χ0n) is 10.7. The number of ketones is 1. The molecule has 19 heavy (non-hydrogen) atoms. The Morgan fingerprint density at radius 3 is 2.42 bits per heavy atom. The van der Waals surface area contributed by atoms with Crippen LogP contribution in [-0.4, -0.2) is 25.5 Å². The molecule has 1 aromatic rings. The Morgan fingerprint density at radius 2 is 1.95 bits per heavy atom. The van der Waals surface area contributed by atoms with Gasteiger partial charge in [-0.3, -0.25) is 4.79 Å². The molecule has 5 nitrogen and oxygen atoms in total. The highest BCUT2D eigenvalue weighted by molar-refractivity contribution is 5.98. The van der Waals surface area contributed by atoms with Crippen LogP contribution in [0.15, 0.2) is 29.8 Å². The van der Waals surface area contributed by atoms with Gasteiger partial charge in [0.2, 0.25) is 0 Å². The lowest BCUT2D eigenvalue weighted by Crippen LogP contribution is -2.12. The fraction of sp³-hybridized carbons (Fsp3) is 0.214. The quantitative estimate of drug-likeness (QED) is 0.457. The number of Topliss-reactive ketones (excluding diaryl/α,β-unsaturated/α-hetero) is 1. The Morgan fingerprint density at radius 1 is 1.32 bits per heavy atom. The van der Waals surface area contributed by atoms with Gasteiger partial charge < -0.3 is 9.47 Å². The fourth-order valence-electron chi connectivity index (χ4n) is 1.25. The molecule has 1 rings (SSSR count). The van der Waals surface area contributed by atoms with Gasteiger partial charge >= 0.3 is 5.97 Å². The normalized spacial score (nSPS) is 10.5. The van der Waals surface area contributed by atoms with E-state index in [1.807, 2.05) is 0 Å². The van der Waals surface area contributed by atoms with Crippen molar-refractivity contribution >= 4 is 17.8 Å². The van der Waals surface area contributed by atoms with Gasteiger partial charge in [-0.05, 0) is 30.7 Å². The van der Waals surface area contributed by atoms with E-state index in [1.165, 1.54) is 13.0 Å². The molecule has 0 aliphatic heterocycles. The molecule has 98 valence electrons. The molecule has 0 radical (unpaired) electrons. The Hall–Kier alpha value is -2.61. The Bertz CT molecular complexity index is 538. The molecule has 0 atom stereocenters. The molecule has 1 aromatic carbocycles. The highest BCUT2D eigenvalue weighted by Gasteiger charge is 2.11. The van der Waals surface area contributed by atoms with Gasteiger partial charge in [0.15, 0.2) is 5.78 Å². The predicted octanol–water partition coefficient (Wildman–Crippen LogP) is 1.73. The van der Waals surface area contributed by atoms with Crippen LogP contribution in [0.5, 0.6) is 5.75 Å². The van der Waals surface area contributed by atoms with E-state index in [-0.39, 0.29) is 18.0 Å². The van der Waals surface area contributed by atoms with Crippen molar-refractivity contribution in [2.24, 2.45) is 0 Å². The summed E-state index contributed by atoms with van der Waals surface area (Å²) in [5.41, 5.74) is 0.503. The van der Waals surface area contributed by atoms with Crippen LogP contribution in [0.4, 0.5) is 0 Å². The van der Waals surface area contributed by atoms with E-state index in [0.29, 0.717) is 11.3 Å². The Balaban J connectivity index is 2.83. The number of hydrogen-bond donors (Lipinski definition) is 0. The summed E-state index contributed by atoms with van der Waals surface area (Å²) in [4.78, 5) is 22.2. The lowest BCUT2D eigenvalue weighted by molar-refractivity contribution is -0.143. The van der Waals surface area contributed by atoms with E-state index in [0.717, 1.165) is 0 Å². The predicted molar refractivity (Wildman–Crippen MR) is 68.2 cm³/mol. The molecule has 0 saturated heterocycles. The third kappa shape index (κ3) is 4.64. The largest absolute Gasteiger partial charge is 0.497 e. The third-order valence-electron chi connectivity index (χ3n) is 2.17. The zero-order chi connectivity index (χ0) is 14.3. The van der Waals surface area contributed by atoms with Gasteiger partial charge in [0.05, 0.1) is 7.11 Å². The van der Waals surface area contributed by atoms with Gasteiger partial charge in [-0.15, -0.1) is 0 Å². The van der Waals surface area contributed by atoms with Gasteiger partial charge in [0.25, 0.3) is 0 Å². The van der Waals surface area contributed by atoms with Crippen LogP contribution >= 0.6 is 0 Å². The molecule has 5 heteroatoms. The zero-order valence-corrected chi connectivity index (χ0v) is 10.7. The number of nitrogens with zero attached hydrogens (tertiary/aromatic N) is 1. The van der Waals surface area contributed by atoms with Gasteiger partial charge in [0.1, 0.15) is 24.0 Å². The first-order valence-corrected chi connectivity index (χ1v) is 5.49. The van der Waals surface area contributed by atoms with E-state index in [9.17, 15) is 9.59 Å². The van der Waals surface area contributed by atoms with Crippen LogP contribution in [0.2, 0.25) is 0 Å². The summed E-state index contributed by atoms with van der Waals surface area (Å²) < 4.78 is 9.67. The van der Waals surface area contributed by atoms with E-state index in [1.54, 1.807) is 37.4 Å². The summed E-state index contributed by atoms with van der Waals surface area (Å²) in [6.07, 6.45) is 1.39. The number of methoxy groups -OCH3 is 1. The minimum absolute atomic E-state index is 0.161. The Labute approximate surface area is 111 Å². The van der Waals surface area contributed by atoms with Gasteiger partial charge in [-0.25, -0.2) is 4.79 Å². The molecule has 0 aliphatic rings. The molecule has 0 bridgehead atoms. The van der Waals surface area contributed by atoms with Crippen molar-refractivity contribution in [3.8, 4) is 11.8 Å². The number of benzene rings is 1. The topological polar surface area (TPSA) is 76.4 Å². The molecule has 0 aromatic heterocycles. The van der Waals surface area contributed by atoms with Crippen molar-refractivity contribution in [3.63, 3.8) is 0 Å². The van der Waals surface area contributed by atoms with Crippen molar-refractivity contribution in [1.29, 1.82) is 5.26 Å². The summed E-state index contributed by atoms with van der Waals surface area (Å²) in [6.45, 7) is 0.965. The molecular formula is C14H13NO4. The van der Waals surface area contributed by atoms with Crippen molar-refractivity contribution in [3.05, 3.63) is 35.4 Å². The SMILES string of the molecule is COc1ccc(/C=C(\C#N)C(=O)OCC(C)=O)cc1. The molecule has 0 amide bonds. The molecule has 0 unspecified atom stereocenters. The van der Waals surface area contributed by atoms with Crippen molar-refractivity contribution in [1.82, 2.24) is 0 Å². The fourth-order valence-corrected chi connectivity index (χ4v) is 1.25. The van der Waals surface area contributed by atoms with Crippen molar-refractivity contribution in [2.75, 3.05) is 13.7 Å². The first-order valence-electron chi connectivity index (χ1n) is 5.49. The van der Waals surface area contributed by atoms with Crippen LogP contribution in [0.1, 0.15) is 12.5 Å². The summed E-state index contributed by atoms with van der Waals surface area (Å²) in [6, 6.07) is 8.57. The van der Waals surface area contributed by atoms with Gasteiger partial charge in [0, 0.05) is 0 Å². The number of esters is 1. The monoisotopic (exact) mass is 259 g/mol. The molecule has 0 saturated carbocycles. The second kappa shape index (κ2) is 6.97. The standard InChI is InChI=1S/C14H13NO4/c1-10(16)9-19-14(17)12(8-15)7-11-3-5-13(18-2)6-4-11/h3-7H,9H2,1-2H3/b12-7+. The number of rotatable bonds is 5. The van der Waals surface area contributed by atoms with Crippen molar-refractivity contribution < 1.29 is 19.1 Å². The van der Waals surface area contributed by atoms with Crippen LogP contribution < -0.4 is 4.74 Å². The minimum Gasteiger partial charge on any atom is -0.497 e. The lowest BCUT2D eigenvalue weighted by atomic mass is 10.1. The average molecular weight is 259 g/mol. The number of nitriles is 1. The van der Waals surface area contributed by atoms with Crippen molar-refractivity contribution in [2.45, 2.75) is 6.92 Å². The molecule has 0 heterocycles. The molecule has 0 aliphatic carbocycles. The lowest BCUT2D eigenvalue weighted by Gasteiger charge is -2.02.